The van der Waals surface area contributed by atoms with Gasteiger partial charge in [0.2, 0.25) is 11.7 Å². The zero-order valence-corrected chi connectivity index (χ0v) is 18.6. The Balaban J connectivity index is 1.32. The van der Waals surface area contributed by atoms with Gasteiger partial charge in [-0.3, -0.25) is 5.41 Å². The van der Waals surface area contributed by atoms with Gasteiger partial charge >= 0.3 is 0 Å². The largest absolute Gasteiger partial charge is 0.489 e. The summed E-state index contributed by atoms with van der Waals surface area (Å²) in [5, 5.41) is 14.1. The number of ether oxygens (including phenoxy) is 1. The summed E-state index contributed by atoms with van der Waals surface area (Å²) >= 11 is 0. The number of nitrogens with one attached hydrogen (secondary N) is 1. The van der Waals surface area contributed by atoms with Crippen LogP contribution in [0, 0.1) is 5.41 Å². The molecule has 1 atom stereocenters. The molecule has 3 N–H and O–H groups in total. The van der Waals surface area contributed by atoms with Crippen molar-refractivity contribution in [3.63, 3.8) is 0 Å². The fourth-order valence-corrected chi connectivity index (χ4v) is 4.36. The first-order valence-corrected chi connectivity index (χ1v) is 11.3. The molecule has 33 heavy (non-hydrogen) atoms. The highest BCUT2D eigenvalue weighted by Gasteiger charge is 2.31. The molecule has 1 saturated heterocycles. The summed E-state index contributed by atoms with van der Waals surface area (Å²) in [6, 6.07) is 20.5. The molecule has 2 heterocycles. The Morgan fingerprint density at radius 3 is 2.79 bits per heavy atom. The van der Waals surface area contributed by atoms with E-state index in [1.807, 2.05) is 30.3 Å². The molecule has 3 aromatic carbocycles. The Morgan fingerprint density at radius 2 is 1.94 bits per heavy atom. The lowest BCUT2D eigenvalue weighted by atomic mass is 10.1. The van der Waals surface area contributed by atoms with Crippen LogP contribution in [0.2, 0.25) is 0 Å². The molecule has 7 heteroatoms. The number of benzene rings is 3. The van der Waals surface area contributed by atoms with Crippen molar-refractivity contribution in [1.29, 1.82) is 5.41 Å². The minimum atomic E-state index is -0.123. The van der Waals surface area contributed by atoms with E-state index in [-0.39, 0.29) is 12.0 Å². The van der Waals surface area contributed by atoms with E-state index in [4.69, 9.17) is 20.4 Å². The van der Waals surface area contributed by atoms with Gasteiger partial charge in [0.25, 0.3) is 0 Å². The normalized spacial score (nSPS) is 15.8. The molecule has 1 aromatic heterocycles. The van der Waals surface area contributed by atoms with Gasteiger partial charge in [-0.15, -0.1) is 0 Å². The molecule has 1 fully saturated rings. The molecule has 7 nitrogen and oxygen atoms in total. The van der Waals surface area contributed by atoms with Crippen molar-refractivity contribution >= 4 is 16.7 Å². The minimum absolute atomic E-state index is 0.0408. The number of likely N-dealkylation sites (tertiary alicyclic amines) is 1. The van der Waals surface area contributed by atoms with Crippen LogP contribution < -0.4 is 10.5 Å². The van der Waals surface area contributed by atoms with E-state index < -0.39 is 0 Å². The standard InChI is InChI=1S/C26H27N5O2/c1-2-17-5-3-6-18(13-17)16-32-22-11-10-19-14-21(9-8-20(19)15-22)24-29-25(33-30-24)23-7-4-12-31(23)26(27)28/h3,5-6,8-11,13-15,23H,2,4,7,12,16H2,1H3,(H3,27,28)/t23-/m0/s1. The Kier molecular flexibility index (Phi) is 5.69. The predicted molar refractivity (Wildman–Crippen MR) is 128 cm³/mol. The zero-order chi connectivity index (χ0) is 22.8. The minimum Gasteiger partial charge on any atom is -0.489 e. The van der Waals surface area contributed by atoms with Crippen LogP contribution in [0.25, 0.3) is 22.2 Å². The van der Waals surface area contributed by atoms with E-state index >= 15 is 0 Å². The quantitative estimate of drug-likeness (QED) is 0.320. The third-order valence-electron chi connectivity index (χ3n) is 6.16. The Bertz CT molecular complexity index is 1300. The third-order valence-corrected chi connectivity index (χ3v) is 6.16. The summed E-state index contributed by atoms with van der Waals surface area (Å²) in [4.78, 5) is 6.40. The summed E-state index contributed by atoms with van der Waals surface area (Å²) in [6.45, 7) is 3.44. The van der Waals surface area contributed by atoms with Gasteiger partial charge in [-0.1, -0.05) is 54.5 Å². The molecule has 0 spiro atoms. The van der Waals surface area contributed by atoms with E-state index in [2.05, 4.69) is 47.4 Å². The molecule has 1 aliphatic rings. The second kappa shape index (κ2) is 8.94. The van der Waals surface area contributed by atoms with Crippen LogP contribution in [-0.4, -0.2) is 27.5 Å². The number of hydrogen-bond acceptors (Lipinski definition) is 5. The van der Waals surface area contributed by atoms with Gasteiger partial charge in [0.1, 0.15) is 18.4 Å². The number of aromatic nitrogens is 2. The summed E-state index contributed by atoms with van der Waals surface area (Å²) in [7, 11) is 0. The number of guanidine groups is 1. The van der Waals surface area contributed by atoms with Crippen molar-refractivity contribution in [2.75, 3.05) is 6.54 Å². The second-order valence-electron chi connectivity index (χ2n) is 8.38. The number of aryl methyl sites for hydroxylation is 1. The fraction of sp³-hybridized carbons (Fsp3) is 0.269. The summed E-state index contributed by atoms with van der Waals surface area (Å²) in [5.74, 6) is 1.93. The molecule has 0 amide bonds. The molecule has 0 radical (unpaired) electrons. The maximum atomic E-state index is 7.75. The van der Waals surface area contributed by atoms with Gasteiger partial charge in [-0.05, 0) is 59.4 Å². The van der Waals surface area contributed by atoms with Crippen LogP contribution >= 0.6 is 0 Å². The number of nitrogens with zero attached hydrogens (tertiary/aromatic N) is 3. The Hall–Kier alpha value is -3.87. The summed E-state index contributed by atoms with van der Waals surface area (Å²) in [5.41, 5.74) is 9.06. The van der Waals surface area contributed by atoms with Gasteiger partial charge in [-0.25, -0.2) is 0 Å². The molecular formula is C26H27N5O2. The average Bonchev–Trinajstić information content (AvgIpc) is 3.52. The fourth-order valence-electron chi connectivity index (χ4n) is 4.36. The highest BCUT2D eigenvalue weighted by atomic mass is 16.5. The molecule has 0 bridgehead atoms. The van der Waals surface area contributed by atoms with Crippen LogP contribution in [0.3, 0.4) is 0 Å². The molecule has 5 rings (SSSR count). The third kappa shape index (κ3) is 4.39. The van der Waals surface area contributed by atoms with Gasteiger partial charge in [0.15, 0.2) is 5.96 Å². The molecule has 1 aliphatic heterocycles. The van der Waals surface area contributed by atoms with E-state index in [1.54, 1.807) is 4.90 Å². The van der Waals surface area contributed by atoms with E-state index in [0.717, 1.165) is 47.9 Å². The lowest BCUT2D eigenvalue weighted by molar-refractivity contribution is 0.283. The van der Waals surface area contributed by atoms with Crippen molar-refractivity contribution in [1.82, 2.24) is 15.0 Å². The smallest absolute Gasteiger partial charge is 0.249 e. The van der Waals surface area contributed by atoms with Crippen LogP contribution in [0.4, 0.5) is 0 Å². The monoisotopic (exact) mass is 441 g/mol. The maximum absolute atomic E-state index is 7.75. The number of hydrogen-bond donors (Lipinski definition) is 2. The molecule has 0 aliphatic carbocycles. The van der Waals surface area contributed by atoms with E-state index in [1.165, 1.54) is 11.1 Å². The van der Waals surface area contributed by atoms with Crippen molar-refractivity contribution in [3.8, 4) is 17.1 Å². The van der Waals surface area contributed by atoms with Gasteiger partial charge in [0, 0.05) is 12.1 Å². The molecule has 0 saturated carbocycles. The predicted octanol–water partition coefficient (Wildman–Crippen LogP) is 5.06. The van der Waals surface area contributed by atoms with Gasteiger partial charge in [0.05, 0.1) is 0 Å². The summed E-state index contributed by atoms with van der Waals surface area (Å²) in [6.07, 6.45) is 2.82. The van der Waals surface area contributed by atoms with E-state index in [9.17, 15) is 0 Å². The molecule has 0 unspecified atom stereocenters. The van der Waals surface area contributed by atoms with Gasteiger partial charge in [-0.2, -0.15) is 4.98 Å². The van der Waals surface area contributed by atoms with Crippen LogP contribution in [0.15, 0.2) is 65.2 Å². The average molecular weight is 442 g/mol. The highest BCUT2D eigenvalue weighted by molar-refractivity contribution is 5.87. The topological polar surface area (TPSA) is 101 Å². The van der Waals surface area contributed by atoms with Crippen molar-refractivity contribution < 1.29 is 9.26 Å². The van der Waals surface area contributed by atoms with Crippen LogP contribution in [0.5, 0.6) is 5.75 Å². The molecule has 168 valence electrons. The first-order chi connectivity index (χ1) is 16.1. The Morgan fingerprint density at radius 1 is 1.12 bits per heavy atom. The lowest BCUT2D eigenvalue weighted by Gasteiger charge is -2.21. The highest BCUT2D eigenvalue weighted by Crippen LogP contribution is 2.32. The first-order valence-electron chi connectivity index (χ1n) is 11.3. The number of rotatable bonds is 6. The Labute approximate surface area is 192 Å². The molecular weight excluding hydrogens is 414 g/mol. The van der Waals surface area contributed by atoms with Gasteiger partial charge < -0.3 is 19.9 Å². The SMILES string of the molecule is CCc1cccc(COc2ccc3cc(-c4noc([C@@H]5CCCN5C(=N)N)n4)ccc3c2)c1. The van der Waals surface area contributed by atoms with Crippen molar-refractivity contribution in [2.45, 2.75) is 38.8 Å². The number of nitrogens with two attached hydrogens (primary N) is 1. The van der Waals surface area contributed by atoms with Crippen LogP contribution in [0.1, 0.15) is 42.8 Å². The lowest BCUT2D eigenvalue weighted by Crippen LogP contribution is -2.35. The number of fused-ring (bicyclic) bond motifs is 1. The molecule has 4 aromatic rings. The van der Waals surface area contributed by atoms with Crippen molar-refractivity contribution in [3.05, 3.63) is 77.7 Å². The van der Waals surface area contributed by atoms with Crippen molar-refractivity contribution in [2.24, 2.45) is 5.73 Å². The zero-order valence-electron chi connectivity index (χ0n) is 18.6. The van der Waals surface area contributed by atoms with E-state index in [0.29, 0.717) is 18.3 Å². The van der Waals surface area contributed by atoms with Crippen LogP contribution in [-0.2, 0) is 13.0 Å². The second-order valence-corrected chi connectivity index (χ2v) is 8.38. The summed E-state index contributed by atoms with van der Waals surface area (Å²) < 4.78 is 11.6. The first kappa shape index (κ1) is 21.0. The maximum Gasteiger partial charge on any atom is 0.249 e.